The number of rotatable bonds is 2. The highest BCUT2D eigenvalue weighted by molar-refractivity contribution is 6.31. The van der Waals surface area contributed by atoms with E-state index >= 15 is 0 Å². The molecule has 4 nitrogen and oxygen atoms in total. The molecule has 1 aromatic carbocycles. The molecule has 2 rings (SSSR count). The first-order chi connectivity index (χ1) is 8.43. The summed E-state index contributed by atoms with van der Waals surface area (Å²) in [5.41, 5.74) is 5.92. The van der Waals surface area contributed by atoms with Gasteiger partial charge in [-0.2, -0.15) is 4.99 Å². The average Bonchev–Trinajstić information content (AvgIpc) is 2.54. The van der Waals surface area contributed by atoms with Crippen molar-refractivity contribution in [2.45, 2.75) is 25.9 Å². The van der Waals surface area contributed by atoms with E-state index in [0.717, 1.165) is 0 Å². The highest BCUT2D eigenvalue weighted by Crippen LogP contribution is 2.34. The summed E-state index contributed by atoms with van der Waals surface area (Å²) in [5, 5.41) is 0.235. The van der Waals surface area contributed by atoms with Crippen molar-refractivity contribution in [3.63, 3.8) is 0 Å². The number of aliphatic imine (C=N–C) groups is 1. The van der Waals surface area contributed by atoms with Gasteiger partial charge in [0.2, 0.25) is 0 Å². The van der Waals surface area contributed by atoms with Gasteiger partial charge in [0.15, 0.2) is 0 Å². The van der Waals surface area contributed by atoms with Gasteiger partial charge in [-0.1, -0.05) is 17.7 Å². The maximum atomic E-state index is 13.9. The minimum absolute atomic E-state index is 0.0701. The highest BCUT2D eigenvalue weighted by atomic mass is 35.5. The smallest absolute Gasteiger partial charge is 0.346 e. The van der Waals surface area contributed by atoms with Gasteiger partial charge in [0.05, 0.1) is 0 Å². The van der Waals surface area contributed by atoms with Crippen LogP contribution in [0.2, 0.25) is 5.02 Å². The van der Waals surface area contributed by atoms with Crippen LogP contribution in [0.1, 0.15) is 25.5 Å². The van der Waals surface area contributed by atoms with E-state index in [9.17, 15) is 9.18 Å². The third kappa shape index (κ3) is 1.95. The molecule has 0 fully saturated rings. The van der Waals surface area contributed by atoms with Gasteiger partial charge in [0, 0.05) is 16.6 Å². The van der Waals surface area contributed by atoms with Gasteiger partial charge in [0.25, 0.3) is 0 Å². The summed E-state index contributed by atoms with van der Waals surface area (Å²) in [6, 6.07) is 3.01. The number of carbonyl (C=O) groups excluding carboxylic acids is 1. The lowest BCUT2D eigenvalue weighted by molar-refractivity contribution is 0.189. The van der Waals surface area contributed by atoms with Crippen LogP contribution in [-0.2, 0) is 0 Å². The number of nitrogens with two attached hydrogens (primary N) is 1. The van der Waals surface area contributed by atoms with Crippen molar-refractivity contribution in [2.75, 3.05) is 0 Å². The van der Waals surface area contributed by atoms with Gasteiger partial charge < -0.3 is 10.6 Å². The molecular formula is C12H13ClFN3O. The molecule has 0 aliphatic carbocycles. The molecule has 0 saturated carbocycles. The van der Waals surface area contributed by atoms with Crippen molar-refractivity contribution in [1.29, 1.82) is 0 Å². The summed E-state index contributed by atoms with van der Waals surface area (Å²) in [7, 11) is 0. The lowest BCUT2D eigenvalue weighted by Crippen LogP contribution is -2.38. The first-order valence-electron chi connectivity index (χ1n) is 5.53. The molecule has 6 heteroatoms. The van der Waals surface area contributed by atoms with Gasteiger partial charge in [-0.25, -0.2) is 9.18 Å². The average molecular weight is 270 g/mol. The summed E-state index contributed by atoms with van der Waals surface area (Å²) in [5.74, 6) is -0.424. The van der Waals surface area contributed by atoms with Gasteiger partial charge >= 0.3 is 6.03 Å². The van der Waals surface area contributed by atoms with E-state index in [0.29, 0.717) is 0 Å². The number of hydrogen-bond acceptors (Lipinski definition) is 2. The van der Waals surface area contributed by atoms with E-state index in [1.54, 1.807) is 6.07 Å². The van der Waals surface area contributed by atoms with E-state index in [2.05, 4.69) is 4.99 Å². The first-order valence-corrected chi connectivity index (χ1v) is 5.91. The molecule has 1 heterocycles. The fourth-order valence-electron chi connectivity index (χ4n) is 2.06. The van der Waals surface area contributed by atoms with Gasteiger partial charge in [-0.15, -0.1) is 0 Å². The molecule has 1 atom stereocenters. The topological polar surface area (TPSA) is 58.7 Å². The molecular weight excluding hydrogens is 257 g/mol. The van der Waals surface area contributed by atoms with Crippen LogP contribution in [0.3, 0.4) is 0 Å². The van der Waals surface area contributed by atoms with Crippen molar-refractivity contribution >= 4 is 23.5 Å². The molecule has 1 aliphatic rings. The number of benzene rings is 1. The van der Waals surface area contributed by atoms with Crippen LogP contribution in [-0.4, -0.2) is 22.8 Å². The third-order valence-electron chi connectivity index (χ3n) is 2.83. The van der Waals surface area contributed by atoms with Crippen molar-refractivity contribution < 1.29 is 9.18 Å². The molecule has 1 unspecified atom stereocenters. The Hall–Kier alpha value is -1.62. The van der Waals surface area contributed by atoms with Crippen LogP contribution in [0.5, 0.6) is 0 Å². The normalized spacial score (nSPS) is 19.6. The Morgan fingerprint density at radius 1 is 1.50 bits per heavy atom. The van der Waals surface area contributed by atoms with E-state index in [1.165, 1.54) is 17.0 Å². The minimum Gasteiger partial charge on any atom is -0.385 e. The molecule has 96 valence electrons. The Morgan fingerprint density at radius 2 is 2.17 bits per heavy atom. The SMILES string of the molecule is CC(C)N1C(=O)N=C(N)C1c1c(F)cccc1Cl. The van der Waals surface area contributed by atoms with Crippen LogP contribution >= 0.6 is 11.6 Å². The van der Waals surface area contributed by atoms with E-state index in [4.69, 9.17) is 17.3 Å². The lowest BCUT2D eigenvalue weighted by atomic mass is 10.0. The first kappa shape index (κ1) is 12.8. The summed E-state index contributed by atoms with van der Waals surface area (Å²) >= 11 is 6.00. The molecule has 1 aliphatic heterocycles. The van der Waals surface area contributed by atoms with Gasteiger partial charge in [0.1, 0.15) is 17.7 Å². The van der Waals surface area contributed by atoms with E-state index < -0.39 is 17.9 Å². The molecule has 2 N–H and O–H groups in total. The predicted molar refractivity (Wildman–Crippen MR) is 68.1 cm³/mol. The van der Waals surface area contributed by atoms with Crippen molar-refractivity contribution in [3.05, 3.63) is 34.6 Å². The number of carbonyl (C=O) groups is 1. The summed E-state index contributed by atoms with van der Waals surface area (Å²) in [6.07, 6.45) is 0. The fourth-order valence-corrected chi connectivity index (χ4v) is 2.33. The lowest BCUT2D eigenvalue weighted by Gasteiger charge is -2.28. The maximum absolute atomic E-state index is 13.9. The maximum Gasteiger partial charge on any atom is 0.346 e. The Morgan fingerprint density at radius 3 is 2.72 bits per heavy atom. The second-order valence-corrected chi connectivity index (χ2v) is 4.77. The molecule has 0 aromatic heterocycles. The number of halogens is 2. The van der Waals surface area contributed by atoms with Crippen LogP contribution in [0.4, 0.5) is 9.18 Å². The van der Waals surface area contributed by atoms with Gasteiger partial charge in [-0.05, 0) is 26.0 Å². The predicted octanol–water partition coefficient (Wildman–Crippen LogP) is 2.72. The number of urea groups is 1. The number of hydrogen-bond donors (Lipinski definition) is 1. The minimum atomic E-state index is -0.730. The third-order valence-corrected chi connectivity index (χ3v) is 3.16. The van der Waals surface area contributed by atoms with Crippen molar-refractivity contribution in [1.82, 2.24) is 4.90 Å². The van der Waals surface area contributed by atoms with Crippen LogP contribution in [0, 0.1) is 5.82 Å². The van der Waals surface area contributed by atoms with Crippen molar-refractivity contribution in [2.24, 2.45) is 10.7 Å². The Labute approximate surface area is 109 Å². The zero-order valence-electron chi connectivity index (χ0n) is 10.0. The summed E-state index contributed by atoms with van der Waals surface area (Å²) in [4.78, 5) is 16.8. The molecule has 2 amide bonds. The quantitative estimate of drug-likeness (QED) is 0.897. The zero-order valence-corrected chi connectivity index (χ0v) is 10.8. The number of amides is 2. The summed E-state index contributed by atoms with van der Waals surface area (Å²) in [6.45, 7) is 3.63. The molecule has 0 radical (unpaired) electrons. The van der Waals surface area contributed by atoms with Crippen LogP contribution < -0.4 is 5.73 Å². The largest absolute Gasteiger partial charge is 0.385 e. The number of nitrogens with zero attached hydrogens (tertiary/aromatic N) is 2. The Balaban J connectivity index is 2.55. The highest BCUT2D eigenvalue weighted by Gasteiger charge is 2.38. The second-order valence-electron chi connectivity index (χ2n) is 4.36. The molecule has 1 aromatic rings. The summed E-state index contributed by atoms with van der Waals surface area (Å²) < 4.78 is 13.9. The fraction of sp³-hybridized carbons (Fsp3) is 0.333. The molecule has 0 bridgehead atoms. The standard InChI is InChI=1S/C12H13ClFN3O/c1-6(2)17-10(11(15)16-12(17)18)9-7(13)4-3-5-8(9)14/h3-6,10H,1-2H3,(H2,15,16,18). The molecule has 0 saturated heterocycles. The van der Waals surface area contributed by atoms with Crippen molar-refractivity contribution in [3.8, 4) is 0 Å². The van der Waals surface area contributed by atoms with Gasteiger partial charge in [-0.3, -0.25) is 0 Å². The Bertz CT molecular complexity index is 510. The second kappa shape index (κ2) is 4.57. The monoisotopic (exact) mass is 269 g/mol. The van der Waals surface area contributed by atoms with Crippen LogP contribution in [0.25, 0.3) is 0 Å². The number of amidine groups is 1. The molecule has 18 heavy (non-hydrogen) atoms. The zero-order chi connectivity index (χ0) is 13.4. The van der Waals surface area contributed by atoms with E-state index in [-0.39, 0.29) is 22.5 Å². The van der Waals surface area contributed by atoms with Crippen LogP contribution in [0.15, 0.2) is 23.2 Å². The van der Waals surface area contributed by atoms with E-state index in [1.807, 2.05) is 13.8 Å². The molecule has 0 spiro atoms. The Kier molecular flexibility index (Phi) is 3.26.